The average molecular weight is 563 g/mol. The Kier molecular flexibility index (Phi) is 5.62. The SMILES string of the molecule is CC(C)N1CC2CC1CN2c1cc(F)c(-c2ccnc3c(-c4cccc5[nH]ncc45)c(-c4ccncc4)nn23)c(F)c1. The molecule has 2 aromatic carbocycles. The fourth-order valence-electron chi connectivity index (χ4n) is 6.90. The van der Waals surface area contributed by atoms with Crippen LogP contribution in [0.25, 0.3) is 50.2 Å². The van der Waals surface area contributed by atoms with Gasteiger partial charge < -0.3 is 4.90 Å². The Morgan fingerprint density at radius 2 is 1.74 bits per heavy atom. The Bertz CT molecular complexity index is 1940. The monoisotopic (exact) mass is 562 g/mol. The van der Waals surface area contributed by atoms with E-state index in [1.807, 2.05) is 30.3 Å². The second kappa shape index (κ2) is 9.42. The van der Waals surface area contributed by atoms with Gasteiger partial charge in [-0.1, -0.05) is 12.1 Å². The molecule has 2 atom stereocenters. The number of fused-ring (bicyclic) bond motifs is 4. The van der Waals surface area contributed by atoms with Gasteiger partial charge in [-0.2, -0.15) is 10.2 Å². The van der Waals surface area contributed by atoms with Crippen molar-refractivity contribution in [3.05, 3.63) is 85.0 Å². The van der Waals surface area contributed by atoms with Crippen molar-refractivity contribution >= 4 is 22.2 Å². The molecule has 6 heterocycles. The fourth-order valence-corrected chi connectivity index (χ4v) is 6.90. The van der Waals surface area contributed by atoms with Gasteiger partial charge in [-0.15, -0.1) is 0 Å². The van der Waals surface area contributed by atoms with E-state index in [1.165, 1.54) is 12.1 Å². The summed E-state index contributed by atoms with van der Waals surface area (Å²) in [5.74, 6) is -1.25. The Morgan fingerprint density at radius 3 is 2.48 bits per heavy atom. The molecule has 42 heavy (non-hydrogen) atoms. The van der Waals surface area contributed by atoms with E-state index in [4.69, 9.17) is 5.10 Å². The van der Waals surface area contributed by atoms with Crippen molar-refractivity contribution in [2.24, 2.45) is 0 Å². The first-order valence-corrected chi connectivity index (χ1v) is 14.2. The summed E-state index contributed by atoms with van der Waals surface area (Å²) in [7, 11) is 0. The predicted molar refractivity (Wildman–Crippen MR) is 158 cm³/mol. The lowest BCUT2D eigenvalue weighted by molar-refractivity contribution is 0.191. The maximum Gasteiger partial charge on any atom is 0.164 e. The molecular formula is C32H28F2N8. The highest BCUT2D eigenvalue weighted by atomic mass is 19.1. The van der Waals surface area contributed by atoms with Gasteiger partial charge >= 0.3 is 0 Å². The highest BCUT2D eigenvalue weighted by molar-refractivity contribution is 6.02. The summed E-state index contributed by atoms with van der Waals surface area (Å²) < 4.78 is 33.5. The van der Waals surface area contributed by atoms with E-state index in [0.717, 1.165) is 47.1 Å². The van der Waals surface area contributed by atoms with Gasteiger partial charge in [-0.3, -0.25) is 15.0 Å². The molecule has 0 radical (unpaired) electrons. The Labute approximate surface area is 240 Å². The molecule has 2 saturated heterocycles. The highest BCUT2D eigenvalue weighted by Crippen LogP contribution is 2.41. The van der Waals surface area contributed by atoms with Gasteiger partial charge in [0.2, 0.25) is 0 Å². The lowest BCUT2D eigenvalue weighted by atomic mass is 9.99. The van der Waals surface area contributed by atoms with Crippen molar-refractivity contribution in [3.8, 4) is 33.6 Å². The lowest BCUT2D eigenvalue weighted by Gasteiger charge is -2.37. The zero-order valence-corrected chi connectivity index (χ0v) is 23.2. The van der Waals surface area contributed by atoms with Crippen LogP contribution in [0.1, 0.15) is 20.3 Å². The summed E-state index contributed by atoms with van der Waals surface area (Å²) in [5, 5.41) is 13.0. The van der Waals surface area contributed by atoms with E-state index in [1.54, 1.807) is 35.4 Å². The standard InChI is InChI=1S/C32H28F2N8/c1-18(2)40-16-22-12-21(40)17-41(22)20-13-25(33)30(26(34)14-20)28-8-11-36-32-29(23-4-3-5-27-24(23)15-37-38-27)31(39-42(28)32)19-6-9-35-10-7-19/h3-11,13-15,18,21-22H,12,16-17H2,1-2H3,(H,37,38). The van der Waals surface area contributed by atoms with Crippen LogP contribution < -0.4 is 4.90 Å². The van der Waals surface area contributed by atoms with Gasteiger partial charge in [0.15, 0.2) is 5.65 Å². The van der Waals surface area contributed by atoms with Crippen LogP contribution >= 0.6 is 0 Å². The normalized spacial score (nSPS) is 18.7. The van der Waals surface area contributed by atoms with Crippen molar-refractivity contribution in [2.75, 3.05) is 18.0 Å². The number of nitrogens with zero attached hydrogens (tertiary/aromatic N) is 7. The minimum atomic E-state index is -0.625. The summed E-state index contributed by atoms with van der Waals surface area (Å²) in [4.78, 5) is 13.5. The van der Waals surface area contributed by atoms with Gasteiger partial charge in [-0.05, 0) is 62.2 Å². The van der Waals surface area contributed by atoms with Gasteiger partial charge in [0.05, 0.1) is 28.5 Å². The zero-order chi connectivity index (χ0) is 28.5. The molecule has 210 valence electrons. The van der Waals surface area contributed by atoms with Crippen LogP contribution in [0.5, 0.6) is 0 Å². The molecule has 2 bridgehead atoms. The molecule has 0 saturated carbocycles. The third kappa shape index (κ3) is 3.75. The molecule has 0 aliphatic carbocycles. The number of anilines is 1. The largest absolute Gasteiger partial charge is 0.365 e. The molecule has 1 N–H and O–H groups in total. The predicted octanol–water partition coefficient (Wildman–Crippen LogP) is 5.95. The van der Waals surface area contributed by atoms with Crippen molar-refractivity contribution in [1.82, 2.24) is 34.7 Å². The van der Waals surface area contributed by atoms with Crippen LogP contribution in [0.15, 0.2) is 73.3 Å². The van der Waals surface area contributed by atoms with Crippen LogP contribution in [-0.2, 0) is 0 Å². The molecule has 2 aliphatic heterocycles. The van der Waals surface area contributed by atoms with Gasteiger partial charge in [0.25, 0.3) is 0 Å². The van der Waals surface area contributed by atoms with E-state index in [9.17, 15) is 0 Å². The minimum absolute atomic E-state index is 0.129. The highest BCUT2D eigenvalue weighted by Gasteiger charge is 2.44. The van der Waals surface area contributed by atoms with Gasteiger partial charge in [0.1, 0.15) is 17.3 Å². The molecule has 2 unspecified atom stereocenters. The first kappa shape index (κ1) is 25.0. The lowest BCUT2D eigenvalue weighted by Crippen LogP contribution is -2.49. The molecule has 2 aliphatic rings. The molecule has 4 aromatic heterocycles. The summed E-state index contributed by atoms with van der Waals surface area (Å²) >= 11 is 0. The topological polar surface area (TPSA) is 78.2 Å². The number of rotatable bonds is 5. The van der Waals surface area contributed by atoms with E-state index in [2.05, 4.69) is 43.8 Å². The molecule has 6 aromatic rings. The van der Waals surface area contributed by atoms with Crippen molar-refractivity contribution in [2.45, 2.75) is 38.4 Å². The van der Waals surface area contributed by atoms with Crippen LogP contribution in [-0.4, -0.2) is 65.9 Å². The van der Waals surface area contributed by atoms with E-state index < -0.39 is 11.6 Å². The van der Waals surface area contributed by atoms with E-state index in [0.29, 0.717) is 29.1 Å². The first-order chi connectivity index (χ1) is 20.5. The van der Waals surface area contributed by atoms with Crippen molar-refractivity contribution in [1.29, 1.82) is 0 Å². The molecular weight excluding hydrogens is 534 g/mol. The summed E-state index contributed by atoms with van der Waals surface area (Å²) in [5.41, 5.74) is 5.15. The number of likely N-dealkylation sites (tertiary alicyclic amines) is 1. The minimum Gasteiger partial charge on any atom is -0.365 e. The quantitative estimate of drug-likeness (QED) is 0.280. The maximum absolute atomic E-state index is 16.0. The Morgan fingerprint density at radius 1 is 0.929 bits per heavy atom. The number of H-pyrrole nitrogens is 1. The number of aromatic nitrogens is 6. The smallest absolute Gasteiger partial charge is 0.164 e. The summed E-state index contributed by atoms with van der Waals surface area (Å²) in [6.45, 7) is 6.09. The van der Waals surface area contributed by atoms with Gasteiger partial charge in [-0.25, -0.2) is 18.3 Å². The summed E-state index contributed by atoms with van der Waals surface area (Å²) in [6.07, 6.45) is 7.75. The number of hydrogen-bond donors (Lipinski definition) is 1. The van der Waals surface area contributed by atoms with Gasteiger partial charge in [0, 0.05) is 66.4 Å². The van der Waals surface area contributed by atoms with Crippen LogP contribution in [0.3, 0.4) is 0 Å². The Hall–Kier alpha value is -4.70. The molecule has 0 spiro atoms. The molecule has 8 nitrogen and oxygen atoms in total. The number of pyridine rings is 1. The van der Waals surface area contributed by atoms with E-state index >= 15 is 8.78 Å². The molecule has 10 heteroatoms. The van der Waals surface area contributed by atoms with Crippen molar-refractivity contribution in [3.63, 3.8) is 0 Å². The van der Waals surface area contributed by atoms with Crippen molar-refractivity contribution < 1.29 is 8.78 Å². The number of halogens is 2. The maximum atomic E-state index is 16.0. The Balaban J connectivity index is 1.28. The fraction of sp³-hybridized carbons (Fsp3) is 0.250. The number of nitrogens with one attached hydrogen (secondary N) is 1. The number of benzene rings is 2. The second-order valence-corrected chi connectivity index (χ2v) is 11.4. The van der Waals surface area contributed by atoms with Crippen LogP contribution in [0.2, 0.25) is 0 Å². The zero-order valence-electron chi connectivity index (χ0n) is 23.2. The third-order valence-electron chi connectivity index (χ3n) is 8.79. The van der Waals surface area contributed by atoms with Crippen LogP contribution in [0, 0.1) is 11.6 Å². The number of aromatic amines is 1. The average Bonchev–Trinajstić information content (AvgIpc) is 3.79. The number of piperazine rings is 1. The number of hydrogen-bond acceptors (Lipinski definition) is 6. The second-order valence-electron chi connectivity index (χ2n) is 11.4. The third-order valence-corrected chi connectivity index (χ3v) is 8.79. The molecule has 2 fully saturated rings. The summed E-state index contributed by atoms with van der Waals surface area (Å²) in [6, 6.07) is 15.3. The first-order valence-electron chi connectivity index (χ1n) is 14.2. The molecule has 8 rings (SSSR count). The molecule has 0 amide bonds. The van der Waals surface area contributed by atoms with Crippen LogP contribution in [0.4, 0.5) is 14.5 Å². The van der Waals surface area contributed by atoms with E-state index in [-0.39, 0.29) is 17.3 Å².